The highest BCUT2D eigenvalue weighted by atomic mass is 35.5. The number of rotatable bonds is 12. The second kappa shape index (κ2) is 16.0. The number of nitrogens with zero attached hydrogens (tertiary/aromatic N) is 2. The summed E-state index contributed by atoms with van der Waals surface area (Å²) in [5.74, 6) is -0.795. The van der Waals surface area contributed by atoms with E-state index in [0.29, 0.717) is 0 Å². The van der Waals surface area contributed by atoms with E-state index >= 15 is 0 Å². The molecular weight excluding hydrogens is 665 g/mol. The van der Waals surface area contributed by atoms with Gasteiger partial charge in [-0.25, -0.2) is 8.42 Å². The van der Waals surface area contributed by atoms with Crippen LogP contribution in [0.1, 0.15) is 54.4 Å². The predicted molar refractivity (Wildman–Crippen MR) is 193 cm³/mol. The fraction of sp³-hybridized carbons (Fsp3) is 0.316. The Labute approximate surface area is 293 Å². The van der Waals surface area contributed by atoms with E-state index in [1.54, 1.807) is 12.1 Å². The SMILES string of the molecule is Cc1ccc(S(=O)(=O)N(CC(=O)N(Cc2ccccc2C)C(Cc2ccccc2)C(=O)NC2CCCCC2)c2cc(Cl)cc(Cl)c2)cc1. The molecule has 252 valence electrons. The summed E-state index contributed by atoms with van der Waals surface area (Å²) in [6.45, 7) is 3.34. The third-order valence-corrected chi connectivity index (χ3v) is 11.1. The van der Waals surface area contributed by atoms with Crippen LogP contribution in [-0.4, -0.2) is 43.8 Å². The van der Waals surface area contributed by atoms with Gasteiger partial charge in [0.1, 0.15) is 12.6 Å². The van der Waals surface area contributed by atoms with Gasteiger partial charge in [0.15, 0.2) is 0 Å². The first-order valence-corrected chi connectivity index (χ1v) is 18.4. The number of carbonyl (C=O) groups excluding carboxylic acids is 2. The molecule has 1 aliphatic rings. The van der Waals surface area contributed by atoms with Crippen molar-refractivity contribution in [3.8, 4) is 0 Å². The van der Waals surface area contributed by atoms with Gasteiger partial charge < -0.3 is 10.2 Å². The van der Waals surface area contributed by atoms with E-state index in [1.807, 2.05) is 68.4 Å². The minimum atomic E-state index is -4.27. The molecule has 1 N–H and O–H groups in total. The van der Waals surface area contributed by atoms with Crippen LogP contribution >= 0.6 is 23.2 Å². The molecule has 5 rings (SSSR count). The minimum absolute atomic E-state index is 0.0123. The standard InChI is InChI=1S/C38H41Cl2N3O4S/c1-27-17-19-35(20-18-27)48(46,47)43(34-23-31(39)22-32(40)24-34)26-37(44)42(25-30-14-10-9-11-28(30)2)36(21-29-12-5-3-6-13-29)38(45)41-33-15-7-4-8-16-33/h3,5-6,9-14,17-20,22-24,33,36H,4,7-8,15-16,21,25-26H2,1-2H3,(H,41,45). The van der Waals surface area contributed by atoms with Gasteiger partial charge in [0, 0.05) is 29.1 Å². The lowest BCUT2D eigenvalue weighted by Crippen LogP contribution is -2.55. The first kappa shape index (κ1) is 35.5. The van der Waals surface area contributed by atoms with Crippen molar-refractivity contribution in [2.45, 2.75) is 75.9 Å². The lowest BCUT2D eigenvalue weighted by molar-refractivity contribution is -0.140. The van der Waals surface area contributed by atoms with E-state index in [4.69, 9.17) is 23.2 Å². The third kappa shape index (κ3) is 8.98. The van der Waals surface area contributed by atoms with Crippen LogP contribution in [0, 0.1) is 13.8 Å². The molecule has 0 aromatic heterocycles. The summed E-state index contributed by atoms with van der Waals surface area (Å²) in [6, 6.07) is 27.2. The van der Waals surface area contributed by atoms with Gasteiger partial charge in [0.25, 0.3) is 10.0 Å². The number of carbonyl (C=O) groups is 2. The Kier molecular flexibility index (Phi) is 11.8. The van der Waals surface area contributed by atoms with Crippen LogP contribution in [0.4, 0.5) is 5.69 Å². The molecule has 4 aromatic carbocycles. The fourth-order valence-corrected chi connectivity index (χ4v) is 8.03. The minimum Gasteiger partial charge on any atom is -0.352 e. The molecule has 0 radical (unpaired) electrons. The predicted octanol–water partition coefficient (Wildman–Crippen LogP) is 7.89. The number of amides is 2. The van der Waals surface area contributed by atoms with Crippen LogP contribution < -0.4 is 9.62 Å². The number of sulfonamides is 1. The molecule has 7 nitrogen and oxygen atoms in total. The summed E-state index contributed by atoms with van der Waals surface area (Å²) >= 11 is 12.7. The van der Waals surface area contributed by atoms with Gasteiger partial charge >= 0.3 is 0 Å². The largest absolute Gasteiger partial charge is 0.352 e. The smallest absolute Gasteiger partial charge is 0.264 e. The van der Waals surface area contributed by atoms with Gasteiger partial charge in [-0.1, -0.05) is 115 Å². The van der Waals surface area contributed by atoms with Crippen molar-refractivity contribution in [3.63, 3.8) is 0 Å². The average molecular weight is 707 g/mol. The van der Waals surface area contributed by atoms with Crippen molar-refractivity contribution in [1.82, 2.24) is 10.2 Å². The molecule has 1 saturated carbocycles. The highest BCUT2D eigenvalue weighted by Gasteiger charge is 2.35. The second-order valence-corrected chi connectivity index (χ2v) is 15.2. The van der Waals surface area contributed by atoms with Crippen molar-refractivity contribution in [1.29, 1.82) is 0 Å². The number of halogens is 2. The van der Waals surface area contributed by atoms with Gasteiger partial charge in [-0.15, -0.1) is 0 Å². The summed E-state index contributed by atoms with van der Waals surface area (Å²) in [5.41, 5.74) is 3.72. The molecule has 0 bridgehead atoms. The maximum absolute atomic E-state index is 14.7. The number of aryl methyl sites for hydroxylation is 2. The van der Waals surface area contributed by atoms with Crippen molar-refractivity contribution < 1.29 is 18.0 Å². The Morgan fingerprint density at radius 1 is 0.833 bits per heavy atom. The molecule has 48 heavy (non-hydrogen) atoms. The summed E-state index contributed by atoms with van der Waals surface area (Å²) in [6.07, 6.45) is 5.23. The molecule has 1 fully saturated rings. The zero-order valence-corrected chi connectivity index (χ0v) is 29.6. The highest BCUT2D eigenvalue weighted by molar-refractivity contribution is 7.92. The van der Waals surface area contributed by atoms with Crippen LogP contribution in [0.15, 0.2) is 102 Å². The second-order valence-electron chi connectivity index (χ2n) is 12.4. The molecule has 1 unspecified atom stereocenters. The zero-order chi connectivity index (χ0) is 34.3. The maximum atomic E-state index is 14.7. The van der Waals surface area contributed by atoms with Gasteiger partial charge in [-0.05, 0) is 73.7 Å². The quantitative estimate of drug-likeness (QED) is 0.162. The Hall–Kier alpha value is -3.85. The number of nitrogens with one attached hydrogen (secondary N) is 1. The first-order chi connectivity index (χ1) is 23.0. The van der Waals surface area contributed by atoms with Gasteiger partial charge in [0.05, 0.1) is 10.6 Å². The summed E-state index contributed by atoms with van der Waals surface area (Å²) in [4.78, 5) is 30.5. The van der Waals surface area contributed by atoms with Gasteiger partial charge in [0.2, 0.25) is 11.8 Å². The normalized spacial score (nSPS) is 14.2. The molecule has 0 heterocycles. The highest BCUT2D eigenvalue weighted by Crippen LogP contribution is 2.31. The molecule has 0 aliphatic heterocycles. The van der Waals surface area contributed by atoms with E-state index in [9.17, 15) is 18.0 Å². The van der Waals surface area contributed by atoms with Crippen molar-refractivity contribution in [2.24, 2.45) is 0 Å². The molecule has 0 spiro atoms. The van der Waals surface area contributed by atoms with E-state index in [0.717, 1.165) is 58.7 Å². The fourth-order valence-electron chi connectivity index (χ4n) is 6.12. The van der Waals surface area contributed by atoms with Crippen LogP contribution in [0.25, 0.3) is 0 Å². The molecule has 10 heteroatoms. The Balaban J connectivity index is 1.59. The van der Waals surface area contributed by atoms with Crippen molar-refractivity contribution in [2.75, 3.05) is 10.8 Å². The monoisotopic (exact) mass is 705 g/mol. The van der Waals surface area contributed by atoms with E-state index < -0.39 is 28.5 Å². The Morgan fingerprint density at radius 3 is 2.10 bits per heavy atom. The van der Waals surface area contributed by atoms with Crippen molar-refractivity contribution >= 4 is 50.7 Å². The van der Waals surface area contributed by atoms with Crippen LogP contribution in [0.2, 0.25) is 10.0 Å². The zero-order valence-electron chi connectivity index (χ0n) is 27.2. The number of hydrogen-bond acceptors (Lipinski definition) is 4. The van der Waals surface area contributed by atoms with Gasteiger partial charge in [-0.2, -0.15) is 0 Å². The number of benzene rings is 4. The third-order valence-electron chi connectivity index (χ3n) is 8.85. The molecule has 4 aromatic rings. The van der Waals surface area contributed by atoms with Gasteiger partial charge in [-0.3, -0.25) is 13.9 Å². The summed E-state index contributed by atoms with van der Waals surface area (Å²) in [5, 5.41) is 3.68. The van der Waals surface area contributed by atoms with E-state index in [2.05, 4.69) is 5.32 Å². The Bertz CT molecular complexity index is 1810. The first-order valence-electron chi connectivity index (χ1n) is 16.2. The molecule has 0 saturated heterocycles. The topological polar surface area (TPSA) is 86.8 Å². The van der Waals surface area contributed by atoms with Crippen molar-refractivity contribution in [3.05, 3.63) is 129 Å². The molecule has 1 aliphatic carbocycles. The molecule has 2 amide bonds. The average Bonchev–Trinajstić information content (AvgIpc) is 3.06. The van der Waals surface area contributed by atoms with Crippen LogP contribution in [0.5, 0.6) is 0 Å². The maximum Gasteiger partial charge on any atom is 0.264 e. The molecular formula is C38H41Cl2N3O4S. The number of anilines is 1. The Morgan fingerprint density at radius 2 is 1.46 bits per heavy atom. The van der Waals surface area contributed by atoms with E-state index in [-0.39, 0.29) is 45.5 Å². The van der Waals surface area contributed by atoms with E-state index in [1.165, 1.54) is 35.2 Å². The van der Waals surface area contributed by atoms with Crippen LogP contribution in [0.3, 0.4) is 0 Å². The molecule has 1 atom stereocenters. The summed E-state index contributed by atoms with van der Waals surface area (Å²) < 4.78 is 29.6. The summed E-state index contributed by atoms with van der Waals surface area (Å²) in [7, 11) is -4.27. The number of hydrogen-bond donors (Lipinski definition) is 1. The lowest BCUT2D eigenvalue weighted by Gasteiger charge is -2.35. The lowest BCUT2D eigenvalue weighted by atomic mass is 9.94. The van der Waals surface area contributed by atoms with Crippen LogP contribution in [-0.2, 0) is 32.6 Å².